The molecule has 28 heavy (non-hydrogen) atoms. The minimum atomic E-state index is -0.422. The second-order valence-corrected chi connectivity index (χ2v) is 6.66. The zero-order chi connectivity index (χ0) is 19.6. The van der Waals surface area contributed by atoms with E-state index in [1.807, 2.05) is 54.6 Å². The molecule has 1 saturated heterocycles. The highest BCUT2D eigenvalue weighted by molar-refractivity contribution is 5.83. The van der Waals surface area contributed by atoms with E-state index in [0.29, 0.717) is 39.4 Å². The number of amides is 1. The van der Waals surface area contributed by atoms with E-state index >= 15 is 0 Å². The number of nitrogens with zero attached hydrogens (tertiary/aromatic N) is 3. The first-order chi connectivity index (χ1) is 13.8. The number of benzene rings is 1. The smallest absolute Gasteiger partial charge is 0.244 e. The molecule has 0 saturated carbocycles. The maximum atomic E-state index is 13.4. The van der Waals surface area contributed by atoms with Crippen LogP contribution in [0.5, 0.6) is 0 Å². The molecule has 2 aromatic rings. The second kappa shape index (κ2) is 10.7. The van der Waals surface area contributed by atoms with Gasteiger partial charge in [0.1, 0.15) is 6.04 Å². The average Bonchev–Trinajstić information content (AvgIpc) is 2.75. The SMILES string of the molecule is O=C([C@H](c1cccnc1)N1CCOCC1)N(C/C=C/c1ccccc1)CCO. The molecule has 0 spiro atoms. The molecule has 0 bridgehead atoms. The van der Waals surface area contributed by atoms with Crippen LogP contribution in [-0.4, -0.2) is 71.8 Å². The summed E-state index contributed by atoms with van der Waals surface area (Å²) in [6.45, 7) is 3.26. The minimum absolute atomic E-state index is 0.0262. The van der Waals surface area contributed by atoms with Crippen molar-refractivity contribution in [3.8, 4) is 0 Å². The average molecular weight is 381 g/mol. The topological polar surface area (TPSA) is 65.9 Å². The highest BCUT2D eigenvalue weighted by atomic mass is 16.5. The van der Waals surface area contributed by atoms with Gasteiger partial charge >= 0.3 is 0 Å². The Morgan fingerprint density at radius 1 is 1.21 bits per heavy atom. The van der Waals surface area contributed by atoms with Crippen LogP contribution in [0.1, 0.15) is 17.2 Å². The van der Waals surface area contributed by atoms with Crippen LogP contribution in [0, 0.1) is 0 Å². The van der Waals surface area contributed by atoms with Gasteiger partial charge in [-0.2, -0.15) is 0 Å². The molecule has 0 unspecified atom stereocenters. The van der Waals surface area contributed by atoms with Gasteiger partial charge in [0.05, 0.1) is 19.8 Å². The Morgan fingerprint density at radius 3 is 2.68 bits per heavy atom. The van der Waals surface area contributed by atoms with E-state index in [-0.39, 0.29) is 12.5 Å². The third-order valence-corrected chi connectivity index (χ3v) is 4.76. The van der Waals surface area contributed by atoms with Crippen molar-refractivity contribution in [1.82, 2.24) is 14.8 Å². The molecule has 2 heterocycles. The molecule has 3 rings (SSSR count). The molecule has 1 aromatic heterocycles. The molecule has 0 aliphatic carbocycles. The van der Waals surface area contributed by atoms with Crippen molar-refractivity contribution in [2.45, 2.75) is 6.04 Å². The molecule has 1 atom stereocenters. The molecule has 6 nitrogen and oxygen atoms in total. The van der Waals surface area contributed by atoms with Gasteiger partial charge < -0.3 is 14.7 Å². The van der Waals surface area contributed by atoms with E-state index in [1.165, 1.54) is 0 Å². The summed E-state index contributed by atoms with van der Waals surface area (Å²) in [5, 5.41) is 9.50. The van der Waals surface area contributed by atoms with E-state index in [4.69, 9.17) is 4.74 Å². The molecule has 1 aromatic carbocycles. The van der Waals surface area contributed by atoms with E-state index in [9.17, 15) is 9.90 Å². The lowest BCUT2D eigenvalue weighted by molar-refractivity contribution is -0.139. The quantitative estimate of drug-likeness (QED) is 0.758. The molecule has 0 radical (unpaired) electrons. The normalized spacial score (nSPS) is 16.2. The summed E-state index contributed by atoms with van der Waals surface area (Å²) in [4.78, 5) is 21.5. The maximum Gasteiger partial charge on any atom is 0.244 e. The number of rotatable bonds is 8. The monoisotopic (exact) mass is 381 g/mol. The van der Waals surface area contributed by atoms with Crippen molar-refractivity contribution in [1.29, 1.82) is 0 Å². The first-order valence-electron chi connectivity index (χ1n) is 9.62. The molecule has 148 valence electrons. The third kappa shape index (κ3) is 5.48. The van der Waals surface area contributed by atoms with Crippen LogP contribution in [0.3, 0.4) is 0 Å². The molecular weight excluding hydrogens is 354 g/mol. The van der Waals surface area contributed by atoms with Crippen LogP contribution >= 0.6 is 0 Å². The molecule has 1 amide bonds. The third-order valence-electron chi connectivity index (χ3n) is 4.76. The number of pyridine rings is 1. The van der Waals surface area contributed by atoms with Gasteiger partial charge in [0.15, 0.2) is 0 Å². The first-order valence-corrected chi connectivity index (χ1v) is 9.62. The lowest BCUT2D eigenvalue weighted by atomic mass is 10.0. The van der Waals surface area contributed by atoms with Crippen LogP contribution in [0.25, 0.3) is 6.08 Å². The zero-order valence-electron chi connectivity index (χ0n) is 16.0. The van der Waals surface area contributed by atoms with Crippen LogP contribution in [0.2, 0.25) is 0 Å². The van der Waals surface area contributed by atoms with Crippen molar-refractivity contribution in [2.24, 2.45) is 0 Å². The molecular formula is C22H27N3O3. The minimum Gasteiger partial charge on any atom is -0.395 e. The molecule has 1 fully saturated rings. The van der Waals surface area contributed by atoms with Crippen LogP contribution in [0.4, 0.5) is 0 Å². The summed E-state index contributed by atoms with van der Waals surface area (Å²) < 4.78 is 5.45. The number of aliphatic hydroxyl groups excluding tert-OH is 1. The van der Waals surface area contributed by atoms with E-state index in [2.05, 4.69) is 9.88 Å². The molecule has 1 N–H and O–H groups in total. The summed E-state index contributed by atoms with van der Waals surface area (Å²) in [6.07, 6.45) is 7.40. The van der Waals surface area contributed by atoms with E-state index < -0.39 is 6.04 Å². The predicted octanol–water partition coefficient (Wildman–Crippen LogP) is 1.99. The number of aromatic nitrogens is 1. The van der Waals surface area contributed by atoms with Gasteiger partial charge in [-0.05, 0) is 17.2 Å². The summed E-state index contributed by atoms with van der Waals surface area (Å²) in [5.41, 5.74) is 1.94. The van der Waals surface area contributed by atoms with Crippen molar-refractivity contribution in [3.63, 3.8) is 0 Å². The van der Waals surface area contributed by atoms with Crippen LogP contribution in [-0.2, 0) is 9.53 Å². The number of ether oxygens (including phenoxy) is 1. The van der Waals surface area contributed by atoms with Gasteiger partial charge in [-0.25, -0.2) is 0 Å². The summed E-state index contributed by atoms with van der Waals surface area (Å²) in [5.74, 6) is -0.0262. The standard InChI is InChI=1S/C22H27N3O3/c26-15-12-25(11-5-8-19-6-2-1-3-7-19)22(27)21(20-9-4-10-23-18-20)24-13-16-28-17-14-24/h1-10,18,21,26H,11-17H2/b8-5+/t21-/m0/s1. The number of morpholine rings is 1. The largest absolute Gasteiger partial charge is 0.395 e. The summed E-state index contributed by atoms with van der Waals surface area (Å²) >= 11 is 0. The second-order valence-electron chi connectivity index (χ2n) is 6.66. The Hall–Kier alpha value is -2.54. The number of aliphatic hydroxyl groups is 1. The number of carbonyl (C=O) groups is 1. The number of carbonyl (C=O) groups excluding carboxylic acids is 1. The Balaban J connectivity index is 1.78. The van der Waals surface area contributed by atoms with Gasteiger partial charge in [-0.15, -0.1) is 0 Å². The predicted molar refractivity (Wildman–Crippen MR) is 109 cm³/mol. The Labute approximate surface area is 166 Å². The molecule has 1 aliphatic heterocycles. The van der Waals surface area contributed by atoms with Crippen molar-refractivity contribution in [2.75, 3.05) is 46.0 Å². The van der Waals surface area contributed by atoms with Crippen molar-refractivity contribution >= 4 is 12.0 Å². The fourth-order valence-electron chi connectivity index (χ4n) is 3.35. The zero-order valence-corrected chi connectivity index (χ0v) is 16.0. The van der Waals surface area contributed by atoms with E-state index in [0.717, 1.165) is 11.1 Å². The van der Waals surface area contributed by atoms with Gasteiger partial charge in [0, 0.05) is 38.6 Å². The highest BCUT2D eigenvalue weighted by Crippen LogP contribution is 2.24. The maximum absolute atomic E-state index is 13.4. The molecule has 1 aliphatic rings. The van der Waals surface area contributed by atoms with Crippen molar-refractivity contribution in [3.05, 3.63) is 72.1 Å². The van der Waals surface area contributed by atoms with Gasteiger partial charge in [-0.1, -0.05) is 48.6 Å². The molecule has 6 heteroatoms. The summed E-state index contributed by atoms with van der Waals surface area (Å²) in [7, 11) is 0. The fraction of sp³-hybridized carbons (Fsp3) is 0.364. The van der Waals surface area contributed by atoms with Gasteiger partial charge in [0.2, 0.25) is 5.91 Å². The Kier molecular flexibility index (Phi) is 7.72. The lowest BCUT2D eigenvalue weighted by Gasteiger charge is -2.36. The first kappa shape index (κ1) is 20.2. The number of hydrogen-bond donors (Lipinski definition) is 1. The van der Waals surface area contributed by atoms with Crippen molar-refractivity contribution < 1.29 is 14.6 Å². The van der Waals surface area contributed by atoms with Gasteiger partial charge in [-0.3, -0.25) is 14.7 Å². The Bertz CT molecular complexity index is 746. The highest BCUT2D eigenvalue weighted by Gasteiger charge is 2.32. The lowest BCUT2D eigenvalue weighted by Crippen LogP contribution is -2.48. The number of hydrogen-bond acceptors (Lipinski definition) is 5. The fourth-order valence-corrected chi connectivity index (χ4v) is 3.35. The Morgan fingerprint density at radius 2 is 2.00 bits per heavy atom. The van der Waals surface area contributed by atoms with Gasteiger partial charge in [0.25, 0.3) is 0 Å². The van der Waals surface area contributed by atoms with E-state index in [1.54, 1.807) is 17.3 Å². The summed E-state index contributed by atoms with van der Waals surface area (Å²) in [6, 6.07) is 13.3. The van der Waals surface area contributed by atoms with Crippen LogP contribution in [0.15, 0.2) is 60.9 Å². The van der Waals surface area contributed by atoms with Crippen LogP contribution < -0.4 is 0 Å².